The molecule has 0 saturated heterocycles. The van der Waals surface area contributed by atoms with E-state index in [9.17, 15) is 4.79 Å². The van der Waals surface area contributed by atoms with Crippen LogP contribution in [0.2, 0.25) is 0 Å². The molecule has 0 aliphatic carbocycles. The van der Waals surface area contributed by atoms with Crippen LogP contribution in [0.3, 0.4) is 0 Å². The zero-order chi connectivity index (χ0) is 12.1. The van der Waals surface area contributed by atoms with Crippen LogP contribution < -0.4 is 5.32 Å². The third-order valence-corrected chi connectivity index (χ3v) is 3.19. The Balaban J connectivity index is 2.85. The first kappa shape index (κ1) is 13.2. The molecule has 0 fully saturated rings. The summed E-state index contributed by atoms with van der Waals surface area (Å²) in [5.74, 6) is -0.243. The summed E-state index contributed by atoms with van der Waals surface area (Å²) in [6, 6.07) is 6.87. The van der Waals surface area contributed by atoms with E-state index in [-0.39, 0.29) is 5.91 Å². The van der Waals surface area contributed by atoms with Gasteiger partial charge in [-0.3, -0.25) is 4.79 Å². The van der Waals surface area contributed by atoms with E-state index < -0.39 is 6.04 Å². The van der Waals surface area contributed by atoms with Crippen LogP contribution in [0, 0.1) is 11.3 Å². The molecule has 0 saturated carbocycles. The summed E-state index contributed by atoms with van der Waals surface area (Å²) < 4.78 is 1.59. The Labute approximate surface area is 111 Å². The number of nitrogens with one attached hydrogen (secondary N) is 1. The van der Waals surface area contributed by atoms with Crippen molar-refractivity contribution >= 4 is 37.8 Å². The number of carbonyl (C=O) groups is 1. The SMILES string of the molecule is CCC(C#N)NC(=O)c1ccc(Br)cc1Br. The van der Waals surface area contributed by atoms with Gasteiger partial charge in [0.25, 0.3) is 5.91 Å². The summed E-state index contributed by atoms with van der Waals surface area (Å²) in [6.45, 7) is 1.85. The lowest BCUT2D eigenvalue weighted by Gasteiger charge is -2.10. The summed E-state index contributed by atoms with van der Waals surface area (Å²) >= 11 is 6.62. The summed E-state index contributed by atoms with van der Waals surface area (Å²) in [4.78, 5) is 11.8. The maximum absolute atomic E-state index is 11.8. The maximum atomic E-state index is 11.8. The van der Waals surface area contributed by atoms with Gasteiger partial charge in [0.15, 0.2) is 0 Å². The Kier molecular flexibility index (Phi) is 4.97. The third-order valence-electron chi connectivity index (χ3n) is 2.05. The van der Waals surface area contributed by atoms with Crippen LogP contribution in [0.1, 0.15) is 23.7 Å². The van der Waals surface area contributed by atoms with Crippen molar-refractivity contribution in [3.63, 3.8) is 0 Å². The van der Waals surface area contributed by atoms with Crippen LogP contribution in [0.25, 0.3) is 0 Å². The lowest BCUT2D eigenvalue weighted by atomic mass is 10.2. The van der Waals surface area contributed by atoms with Crippen molar-refractivity contribution in [1.82, 2.24) is 5.32 Å². The molecule has 1 atom stereocenters. The predicted octanol–water partition coefficient (Wildman–Crippen LogP) is 3.24. The number of benzene rings is 1. The van der Waals surface area contributed by atoms with Gasteiger partial charge in [-0.1, -0.05) is 22.9 Å². The van der Waals surface area contributed by atoms with Gasteiger partial charge in [0.1, 0.15) is 6.04 Å². The molecule has 1 rings (SSSR count). The first-order valence-corrected chi connectivity index (χ1v) is 6.32. The third kappa shape index (κ3) is 3.32. The Morgan fingerprint density at radius 2 is 2.25 bits per heavy atom. The standard InChI is InChI=1S/C11H10Br2N2O/c1-2-8(6-14)15-11(16)9-4-3-7(12)5-10(9)13/h3-5,8H,2H2,1H3,(H,15,16). The van der Waals surface area contributed by atoms with Crippen molar-refractivity contribution in [2.75, 3.05) is 0 Å². The highest BCUT2D eigenvalue weighted by Gasteiger charge is 2.13. The minimum absolute atomic E-state index is 0.243. The second-order valence-electron chi connectivity index (χ2n) is 3.19. The van der Waals surface area contributed by atoms with Gasteiger partial charge in [-0.15, -0.1) is 0 Å². The van der Waals surface area contributed by atoms with Gasteiger partial charge in [-0.25, -0.2) is 0 Å². The summed E-state index contributed by atoms with van der Waals surface area (Å²) in [5, 5.41) is 11.4. The van der Waals surface area contributed by atoms with Gasteiger partial charge >= 0.3 is 0 Å². The fourth-order valence-electron chi connectivity index (χ4n) is 1.14. The van der Waals surface area contributed by atoms with Crippen LogP contribution >= 0.6 is 31.9 Å². The monoisotopic (exact) mass is 344 g/mol. The van der Waals surface area contributed by atoms with Crippen molar-refractivity contribution in [3.05, 3.63) is 32.7 Å². The summed E-state index contributed by atoms with van der Waals surface area (Å²) in [5.41, 5.74) is 0.525. The molecule has 0 spiro atoms. The average Bonchev–Trinajstić information content (AvgIpc) is 2.25. The molecular formula is C11H10Br2N2O. The van der Waals surface area contributed by atoms with Crippen molar-refractivity contribution in [2.45, 2.75) is 19.4 Å². The topological polar surface area (TPSA) is 52.9 Å². The molecule has 16 heavy (non-hydrogen) atoms. The van der Waals surface area contributed by atoms with Gasteiger partial charge < -0.3 is 5.32 Å². The highest BCUT2D eigenvalue weighted by molar-refractivity contribution is 9.11. The first-order valence-electron chi connectivity index (χ1n) is 4.74. The molecule has 1 N–H and O–H groups in total. The van der Waals surface area contributed by atoms with E-state index in [4.69, 9.17) is 5.26 Å². The number of amides is 1. The van der Waals surface area contributed by atoms with E-state index in [0.29, 0.717) is 16.5 Å². The summed E-state index contributed by atoms with van der Waals surface area (Å²) in [6.07, 6.45) is 0.594. The second kappa shape index (κ2) is 6.02. The number of halogens is 2. The molecule has 0 aliphatic heterocycles. The minimum Gasteiger partial charge on any atom is -0.336 e. The molecule has 3 nitrogen and oxygen atoms in total. The lowest BCUT2D eigenvalue weighted by molar-refractivity contribution is 0.0944. The molecule has 5 heteroatoms. The number of carbonyl (C=O) groups excluding carboxylic acids is 1. The Hall–Kier alpha value is -0.860. The Morgan fingerprint density at radius 3 is 2.75 bits per heavy atom. The Bertz CT molecular complexity index is 440. The number of nitriles is 1. The molecular weight excluding hydrogens is 336 g/mol. The highest BCUT2D eigenvalue weighted by Crippen LogP contribution is 2.21. The van der Waals surface area contributed by atoms with Gasteiger partial charge in [-0.05, 0) is 40.5 Å². The van der Waals surface area contributed by atoms with Crippen LogP contribution in [-0.4, -0.2) is 11.9 Å². The molecule has 0 radical (unpaired) electrons. The smallest absolute Gasteiger partial charge is 0.253 e. The molecule has 0 bridgehead atoms. The van der Waals surface area contributed by atoms with E-state index >= 15 is 0 Å². The molecule has 84 valence electrons. The van der Waals surface area contributed by atoms with Crippen molar-refractivity contribution in [3.8, 4) is 6.07 Å². The first-order chi connectivity index (χ1) is 7.58. The fraction of sp³-hybridized carbons (Fsp3) is 0.273. The van der Waals surface area contributed by atoms with Gasteiger partial charge in [0.2, 0.25) is 0 Å². The van der Waals surface area contributed by atoms with Gasteiger partial charge in [0, 0.05) is 8.95 Å². The van der Waals surface area contributed by atoms with Gasteiger partial charge in [-0.2, -0.15) is 5.26 Å². The molecule has 1 amide bonds. The zero-order valence-corrected chi connectivity index (χ0v) is 11.8. The fourth-order valence-corrected chi connectivity index (χ4v) is 2.36. The molecule has 1 aromatic rings. The predicted molar refractivity (Wildman–Crippen MR) is 69.0 cm³/mol. The number of rotatable bonds is 3. The van der Waals surface area contributed by atoms with Crippen LogP contribution in [0.5, 0.6) is 0 Å². The average molecular weight is 346 g/mol. The maximum Gasteiger partial charge on any atom is 0.253 e. The van der Waals surface area contributed by atoms with Crippen molar-refractivity contribution in [2.24, 2.45) is 0 Å². The van der Waals surface area contributed by atoms with E-state index in [1.165, 1.54) is 0 Å². The van der Waals surface area contributed by atoms with Crippen molar-refractivity contribution in [1.29, 1.82) is 5.26 Å². The van der Waals surface area contributed by atoms with E-state index in [0.717, 1.165) is 4.47 Å². The van der Waals surface area contributed by atoms with E-state index in [2.05, 4.69) is 37.2 Å². The van der Waals surface area contributed by atoms with Crippen LogP contribution in [0.4, 0.5) is 0 Å². The van der Waals surface area contributed by atoms with Gasteiger partial charge in [0.05, 0.1) is 11.6 Å². The molecule has 0 aromatic heterocycles. The highest BCUT2D eigenvalue weighted by atomic mass is 79.9. The number of hydrogen-bond acceptors (Lipinski definition) is 2. The van der Waals surface area contributed by atoms with Crippen LogP contribution in [-0.2, 0) is 0 Å². The Morgan fingerprint density at radius 1 is 1.56 bits per heavy atom. The van der Waals surface area contributed by atoms with E-state index in [1.807, 2.05) is 13.0 Å². The summed E-state index contributed by atoms with van der Waals surface area (Å²) in [7, 11) is 0. The lowest BCUT2D eigenvalue weighted by Crippen LogP contribution is -2.33. The quantitative estimate of drug-likeness (QED) is 0.914. The normalized spacial score (nSPS) is 11.6. The number of nitrogens with zero attached hydrogens (tertiary/aromatic N) is 1. The van der Waals surface area contributed by atoms with Crippen molar-refractivity contribution < 1.29 is 4.79 Å². The number of hydrogen-bond donors (Lipinski definition) is 1. The zero-order valence-electron chi connectivity index (χ0n) is 8.63. The van der Waals surface area contributed by atoms with Crippen LogP contribution in [0.15, 0.2) is 27.1 Å². The largest absolute Gasteiger partial charge is 0.336 e. The molecule has 1 aromatic carbocycles. The second-order valence-corrected chi connectivity index (χ2v) is 4.96. The minimum atomic E-state index is -0.442. The van der Waals surface area contributed by atoms with E-state index in [1.54, 1.807) is 18.2 Å². The molecule has 0 heterocycles. The molecule has 1 unspecified atom stereocenters. The molecule has 0 aliphatic rings.